The van der Waals surface area contributed by atoms with Gasteiger partial charge >= 0.3 is 0 Å². The monoisotopic (exact) mass is 285 g/mol. The van der Waals surface area contributed by atoms with Crippen molar-refractivity contribution in [3.63, 3.8) is 0 Å². The highest BCUT2D eigenvalue weighted by atomic mass is 15.1. The van der Waals surface area contributed by atoms with Crippen LogP contribution in [-0.2, 0) is 6.54 Å². The Morgan fingerprint density at radius 3 is 2.62 bits per heavy atom. The smallest absolute Gasteiger partial charge is 0.0726 e. The second-order valence-corrected chi connectivity index (χ2v) is 5.77. The van der Waals surface area contributed by atoms with E-state index in [4.69, 9.17) is 4.98 Å². The van der Waals surface area contributed by atoms with Crippen LogP contribution in [0.2, 0.25) is 0 Å². The van der Waals surface area contributed by atoms with Gasteiger partial charge in [0, 0.05) is 36.7 Å². The van der Waals surface area contributed by atoms with Crippen molar-refractivity contribution in [3.8, 4) is 0 Å². The normalized spacial score (nSPS) is 11.3. The average Bonchev–Trinajstić information content (AvgIpc) is 2.50. The molecule has 0 aliphatic heterocycles. The van der Waals surface area contributed by atoms with E-state index in [1.165, 1.54) is 11.1 Å². The molecule has 21 heavy (non-hydrogen) atoms. The van der Waals surface area contributed by atoms with Crippen LogP contribution in [0, 0.1) is 0 Å². The van der Waals surface area contributed by atoms with Gasteiger partial charge in [-0.1, -0.05) is 39.0 Å². The third-order valence-corrected chi connectivity index (χ3v) is 3.65. The first-order chi connectivity index (χ1) is 10.2. The molecule has 3 heteroatoms. The van der Waals surface area contributed by atoms with Crippen LogP contribution in [-0.4, -0.2) is 24.1 Å². The molecule has 0 spiro atoms. The summed E-state index contributed by atoms with van der Waals surface area (Å²) < 4.78 is 0. The lowest BCUT2D eigenvalue weighted by Crippen LogP contribution is -2.25. The van der Waals surface area contributed by atoms with Gasteiger partial charge in [0.1, 0.15) is 0 Å². The fourth-order valence-corrected chi connectivity index (χ4v) is 2.59. The Bertz CT molecular complexity index is 578. The first-order valence-corrected chi connectivity index (χ1v) is 8.02. The average molecular weight is 285 g/mol. The Morgan fingerprint density at radius 2 is 1.95 bits per heavy atom. The molecule has 2 aromatic rings. The lowest BCUT2D eigenvalue weighted by molar-refractivity contribution is 0.582. The molecule has 1 aromatic heterocycles. The molecule has 1 aromatic carbocycles. The number of rotatable bonds is 7. The molecular formula is C18H27N3. The molecular weight excluding hydrogens is 258 g/mol. The van der Waals surface area contributed by atoms with E-state index in [0.29, 0.717) is 6.04 Å². The van der Waals surface area contributed by atoms with Gasteiger partial charge in [-0.2, -0.15) is 0 Å². The van der Waals surface area contributed by atoms with Crippen LogP contribution < -0.4 is 10.2 Å². The van der Waals surface area contributed by atoms with Crippen LogP contribution in [0.3, 0.4) is 0 Å². The first kappa shape index (κ1) is 15.8. The zero-order valence-electron chi connectivity index (χ0n) is 13.7. The van der Waals surface area contributed by atoms with Crippen molar-refractivity contribution in [2.24, 2.45) is 0 Å². The van der Waals surface area contributed by atoms with Crippen molar-refractivity contribution in [1.29, 1.82) is 0 Å². The third-order valence-electron chi connectivity index (χ3n) is 3.65. The van der Waals surface area contributed by atoms with Gasteiger partial charge in [-0.3, -0.25) is 4.98 Å². The van der Waals surface area contributed by atoms with Gasteiger partial charge in [0.25, 0.3) is 0 Å². The lowest BCUT2D eigenvalue weighted by atomic mass is 10.1. The molecule has 0 aliphatic rings. The minimum atomic E-state index is 0.472. The summed E-state index contributed by atoms with van der Waals surface area (Å²) in [7, 11) is 0. The second kappa shape index (κ2) is 7.41. The highest BCUT2D eigenvalue weighted by molar-refractivity contribution is 5.92. The minimum absolute atomic E-state index is 0.472. The molecule has 0 saturated heterocycles. The first-order valence-electron chi connectivity index (χ1n) is 8.02. The molecule has 0 amide bonds. The zero-order chi connectivity index (χ0) is 15.2. The highest BCUT2D eigenvalue weighted by Crippen LogP contribution is 2.27. The number of benzene rings is 1. The summed E-state index contributed by atoms with van der Waals surface area (Å²) in [6, 6.07) is 11.2. The molecule has 0 saturated carbocycles. The molecule has 0 radical (unpaired) electrons. The van der Waals surface area contributed by atoms with Gasteiger partial charge in [0.05, 0.1) is 11.2 Å². The minimum Gasteiger partial charge on any atom is -0.371 e. The summed E-state index contributed by atoms with van der Waals surface area (Å²) in [5.41, 5.74) is 3.52. The van der Waals surface area contributed by atoms with E-state index in [9.17, 15) is 0 Å². The largest absolute Gasteiger partial charge is 0.371 e. The molecule has 114 valence electrons. The number of fused-ring (bicyclic) bond motifs is 1. The maximum Gasteiger partial charge on any atom is 0.0726 e. The second-order valence-electron chi connectivity index (χ2n) is 5.77. The maximum atomic E-state index is 4.80. The van der Waals surface area contributed by atoms with Gasteiger partial charge < -0.3 is 10.2 Å². The number of para-hydroxylation sites is 1. The Morgan fingerprint density at radius 1 is 1.19 bits per heavy atom. The topological polar surface area (TPSA) is 28.2 Å². The summed E-state index contributed by atoms with van der Waals surface area (Å²) in [4.78, 5) is 7.24. The third kappa shape index (κ3) is 3.94. The summed E-state index contributed by atoms with van der Waals surface area (Å²) in [5.74, 6) is 0. The van der Waals surface area contributed by atoms with E-state index in [2.05, 4.69) is 68.2 Å². The number of pyridine rings is 1. The van der Waals surface area contributed by atoms with Crippen LogP contribution in [0.5, 0.6) is 0 Å². The van der Waals surface area contributed by atoms with Crippen molar-refractivity contribution in [3.05, 3.63) is 36.0 Å². The van der Waals surface area contributed by atoms with Crippen LogP contribution in [0.15, 0.2) is 30.3 Å². The van der Waals surface area contributed by atoms with Crippen molar-refractivity contribution in [2.75, 3.05) is 18.0 Å². The number of anilines is 1. The Labute approximate surface area is 128 Å². The van der Waals surface area contributed by atoms with Gasteiger partial charge in [-0.25, -0.2) is 0 Å². The van der Waals surface area contributed by atoms with E-state index in [-0.39, 0.29) is 0 Å². The molecule has 0 unspecified atom stereocenters. The maximum absolute atomic E-state index is 4.80. The molecule has 0 aliphatic carbocycles. The standard InChI is InChI=1S/C18H27N3/c1-5-11-21(6-2)18-12-15(13-19-14(3)4)20-17-10-8-7-9-16(17)18/h7-10,12,14,19H,5-6,11,13H2,1-4H3. The number of nitrogens with zero attached hydrogens (tertiary/aromatic N) is 2. The predicted octanol–water partition coefficient (Wildman–Crippen LogP) is 3.97. The van der Waals surface area contributed by atoms with Gasteiger partial charge in [-0.15, -0.1) is 0 Å². The summed E-state index contributed by atoms with van der Waals surface area (Å²) in [6.07, 6.45) is 1.16. The summed E-state index contributed by atoms with van der Waals surface area (Å²) >= 11 is 0. The van der Waals surface area contributed by atoms with Crippen LogP contribution in [0.1, 0.15) is 39.8 Å². The molecule has 0 atom stereocenters. The van der Waals surface area contributed by atoms with Gasteiger partial charge in [0.15, 0.2) is 0 Å². The highest BCUT2D eigenvalue weighted by Gasteiger charge is 2.11. The van der Waals surface area contributed by atoms with E-state index in [1.807, 2.05) is 0 Å². The van der Waals surface area contributed by atoms with E-state index in [0.717, 1.165) is 37.3 Å². The number of aromatic nitrogens is 1. The van der Waals surface area contributed by atoms with Crippen molar-refractivity contribution in [2.45, 2.75) is 46.7 Å². The quantitative estimate of drug-likeness (QED) is 0.834. The van der Waals surface area contributed by atoms with E-state index < -0.39 is 0 Å². The van der Waals surface area contributed by atoms with Crippen molar-refractivity contribution < 1.29 is 0 Å². The van der Waals surface area contributed by atoms with Crippen LogP contribution in [0.4, 0.5) is 5.69 Å². The lowest BCUT2D eigenvalue weighted by Gasteiger charge is -2.25. The molecule has 1 N–H and O–H groups in total. The molecule has 0 fully saturated rings. The summed E-state index contributed by atoms with van der Waals surface area (Å²) in [5, 5.41) is 4.71. The van der Waals surface area contributed by atoms with Crippen molar-refractivity contribution >= 4 is 16.6 Å². The fourth-order valence-electron chi connectivity index (χ4n) is 2.59. The molecule has 1 heterocycles. The van der Waals surface area contributed by atoms with E-state index >= 15 is 0 Å². The predicted molar refractivity (Wildman–Crippen MR) is 91.9 cm³/mol. The fraction of sp³-hybridized carbons (Fsp3) is 0.500. The SMILES string of the molecule is CCCN(CC)c1cc(CNC(C)C)nc2ccccc12. The zero-order valence-corrected chi connectivity index (χ0v) is 13.7. The van der Waals surface area contributed by atoms with Crippen molar-refractivity contribution in [1.82, 2.24) is 10.3 Å². The van der Waals surface area contributed by atoms with Gasteiger partial charge in [-0.05, 0) is 25.5 Å². The van der Waals surface area contributed by atoms with E-state index in [1.54, 1.807) is 0 Å². The number of hydrogen-bond acceptors (Lipinski definition) is 3. The Kier molecular flexibility index (Phi) is 5.57. The van der Waals surface area contributed by atoms with Gasteiger partial charge in [0.2, 0.25) is 0 Å². The number of nitrogens with one attached hydrogen (secondary N) is 1. The summed E-state index contributed by atoms with van der Waals surface area (Å²) in [6.45, 7) is 11.7. The van der Waals surface area contributed by atoms with Crippen LogP contribution in [0.25, 0.3) is 10.9 Å². The molecule has 0 bridgehead atoms. The molecule has 2 rings (SSSR count). The Balaban J connectivity index is 2.44. The Hall–Kier alpha value is -1.61. The molecule has 3 nitrogen and oxygen atoms in total. The van der Waals surface area contributed by atoms with Crippen LogP contribution >= 0.6 is 0 Å². The number of hydrogen-bond donors (Lipinski definition) is 1.